The van der Waals surface area contributed by atoms with E-state index in [-0.39, 0.29) is 6.04 Å². The number of hydrogen-bond acceptors (Lipinski definition) is 5. The molecule has 0 aliphatic carbocycles. The maximum Gasteiger partial charge on any atom is 0.203 e. The number of fused-ring (bicyclic) bond motifs is 1. The minimum Gasteiger partial charge on any atom is -0.369 e. The monoisotopic (exact) mass is 273 g/mol. The first kappa shape index (κ1) is 12.1. The number of hydrogen-bond donors (Lipinski definition) is 1. The zero-order valence-corrected chi connectivity index (χ0v) is 11.9. The molecule has 0 bridgehead atoms. The Morgan fingerprint density at radius 3 is 2.79 bits per heavy atom. The Balaban J connectivity index is 2.19. The summed E-state index contributed by atoms with van der Waals surface area (Å²) in [7, 11) is 0. The van der Waals surface area contributed by atoms with Gasteiger partial charge in [0.1, 0.15) is 5.52 Å². The van der Waals surface area contributed by atoms with Crippen LogP contribution < -0.4 is 5.73 Å². The van der Waals surface area contributed by atoms with Crippen LogP contribution in [-0.4, -0.2) is 19.5 Å². The normalized spacial score (nSPS) is 13.0. The van der Waals surface area contributed by atoms with Crippen molar-refractivity contribution in [2.75, 3.05) is 5.73 Å². The second-order valence-electron chi connectivity index (χ2n) is 4.54. The molecule has 0 spiro atoms. The van der Waals surface area contributed by atoms with Crippen LogP contribution in [0.2, 0.25) is 0 Å². The SMILES string of the molecule is Cc1nc(C)c(C(C)n2c(N)nc3cccnc32)s1. The van der Waals surface area contributed by atoms with Gasteiger partial charge in [0, 0.05) is 6.20 Å². The molecule has 3 aromatic rings. The number of nitrogens with two attached hydrogens (primary N) is 1. The summed E-state index contributed by atoms with van der Waals surface area (Å²) in [4.78, 5) is 14.4. The highest BCUT2D eigenvalue weighted by molar-refractivity contribution is 7.11. The average molecular weight is 273 g/mol. The predicted molar refractivity (Wildman–Crippen MR) is 77.3 cm³/mol. The van der Waals surface area contributed by atoms with E-state index in [9.17, 15) is 0 Å². The van der Waals surface area contributed by atoms with Crippen molar-refractivity contribution in [1.29, 1.82) is 0 Å². The molecule has 3 heterocycles. The highest BCUT2D eigenvalue weighted by Gasteiger charge is 2.20. The highest BCUT2D eigenvalue weighted by atomic mass is 32.1. The number of pyridine rings is 1. The van der Waals surface area contributed by atoms with Crippen LogP contribution in [0.4, 0.5) is 5.95 Å². The van der Waals surface area contributed by atoms with Crippen LogP contribution in [0, 0.1) is 13.8 Å². The topological polar surface area (TPSA) is 69.6 Å². The van der Waals surface area contributed by atoms with Gasteiger partial charge in [0.15, 0.2) is 5.65 Å². The molecule has 6 heteroatoms. The lowest BCUT2D eigenvalue weighted by Gasteiger charge is -2.14. The Kier molecular flexibility index (Phi) is 2.74. The van der Waals surface area contributed by atoms with Crippen molar-refractivity contribution in [3.05, 3.63) is 33.9 Å². The first-order valence-corrected chi connectivity index (χ1v) is 6.92. The quantitative estimate of drug-likeness (QED) is 0.779. The Bertz CT molecular complexity index is 743. The fourth-order valence-corrected chi connectivity index (χ4v) is 3.35. The van der Waals surface area contributed by atoms with Gasteiger partial charge in [-0.15, -0.1) is 11.3 Å². The standard InChI is InChI=1S/C13H15N5S/c1-7-11(19-9(3)16-7)8(2)18-12-10(17-13(18)14)5-4-6-15-12/h4-6,8H,1-3H3,(H2,14,17). The van der Waals surface area contributed by atoms with Crippen molar-refractivity contribution in [2.24, 2.45) is 0 Å². The Hall–Kier alpha value is -1.95. The minimum absolute atomic E-state index is 0.0890. The van der Waals surface area contributed by atoms with E-state index in [1.54, 1.807) is 17.5 Å². The van der Waals surface area contributed by atoms with Gasteiger partial charge in [0.25, 0.3) is 0 Å². The first-order valence-electron chi connectivity index (χ1n) is 6.10. The highest BCUT2D eigenvalue weighted by Crippen LogP contribution is 2.31. The Morgan fingerprint density at radius 1 is 1.32 bits per heavy atom. The molecule has 3 aromatic heterocycles. The number of nitrogens with zero attached hydrogens (tertiary/aromatic N) is 4. The van der Waals surface area contributed by atoms with Crippen LogP contribution in [0.1, 0.15) is 28.5 Å². The Labute approximate surface area is 115 Å². The van der Waals surface area contributed by atoms with E-state index >= 15 is 0 Å². The molecule has 19 heavy (non-hydrogen) atoms. The number of thiazole rings is 1. The third-order valence-electron chi connectivity index (χ3n) is 3.18. The molecule has 0 aliphatic heterocycles. The maximum atomic E-state index is 6.04. The zero-order chi connectivity index (χ0) is 13.6. The molecule has 0 radical (unpaired) electrons. The van der Waals surface area contributed by atoms with E-state index < -0.39 is 0 Å². The van der Waals surface area contributed by atoms with Gasteiger partial charge in [-0.25, -0.2) is 15.0 Å². The number of aromatic nitrogens is 4. The summed E-state index contributed by atoms with van der Waals surface area (Å²) >= 11 is 1.69. The summed E-state index contributed by atoms with van der Waals surface area (Å²) in [6.07, 6.45) is 1.76. The van der Waals surface area contributed by atoms with Crippen molar-refractivity contribution in [3.8, 4) is 0 Å². The Morgan fingerprint density at radius 2 is 2.11 bits per heavy atom. The van der Waals surface area contributed by atoms with Crippen molar-refractivity contribution < 1.29 is 0 Å². The van der Waals surface area contributed by atoms with Gasteiger partial charge in [0.05, 0.1) is 21.6 Å². The van der Waals surface area contributed by atoms with E-state index in [2.05, 4.69) is 21.9 Å². The lowest BCUT2D eigenvalue weighted by atomic mass is 10.2. The minimum atomic E-state index is 0.0890. The van der Waals surface area contributed by atoms with Crippen molar-refractivity contribution in [3.63, 3.8) is 0 Å². The van der Waals surface area contributed by atoms with E-state index in [4.69, 9.17) is 5.73 Å². The molecular formula is C13H15N5S. The van der Waals surface area contributed by atoms with Crippen LogP contribution in [0.3, 0.4) is 0 Å². The summed E-state index contributed by atoms with van der Waals surface area (Å²) in [6.45, 7) is 6.14. The average Bonchev–Trinajstić information content (AvgIpc) is 2.87. The fourth-order valence-electron chi connectivity index (χ4n) is 2.38. The molecule has 2 N–H and O–H groups in total. The number of aryl methyl sites for hydroxylation is 2. The van der Waals surface area contributed by atoms with Gasteiger partial charge < -0.3 is 5.73 Å². The summed E-state index contributed by atoms with van der Waals surface area (Å²) in [5.41, 5.74) is 8.74. The van der Waals surface area contributed by atoms with Gasteiger partial charge >= 0.3 is 0 Å². The molecule has 0 saturated heterocycles. The molecule has 0 aromatic carbocycles. The number of imidazole rings is 1. The smallest absolute Gasteiger partial charge is 0.203 e. The second kappa shape index (κ2) is 4.31. The summed E-state index contributed by atoms with van der Waals surface area (Å²) < 4.78 is 1.97. The van der Waals surface area contributed by atoms with Crippen LogP contribution in [0.5, 0.6) is 0 Å². The molecule has 1 atom stereocenters. The largest absolute Gasteiger partial charge is 0.369 e. The van der Waals surface area contributed by atoms with Gasteiger partial charge in [-0.05, 0) is 32.9 Å². The zero-order valence-electron chi connectivity index (χ0n) is 11.1. The van der Waals surface area contributed by atoms with Crippen molar-refractivity contribution in [1.82, 2.24) is 19.5 Å². The predicted octanol–water partition coefficient (Wildman–Crippen LogP) is 2.70. The number of rotatable bonds is 2. The van der Waals surface area contributed by atoms with E-state index in [1.165, 1.54) is 4.88 Å². The van der Waals surface area contributed by atoms with Crippen LogP contribution in [0.25, 0.3) is 11.2 Å². The van der Waals surface area contributed by atoms with E-state index in [0.717, 1.165) is 21.9 Å². The summed E-state index contributed by atoms with van der Waals surface area (Å²) in [5.74, 6) is 0.492. The van der Waals surface area contributed by atoms with Gasteiger partial charge in [-0.1, -0.05) is 0 Å². The lowest BCUT2D eigenvalue weighted by Crippen LogP contribution is -2.10. The molecule has 98 valence electrons. The molecule has 0 fully saturated rings. The summed E-state index contributed by atoms with van der Waals surface area (Å²) in [6, 6.07) is 3.88. The third kappa shape index (κ3) is 1.88. The summed E-state index contributed by atoms with van der Waals surface area (Å²) in [5, 5.41) is 1.07. The van der Waals surface area contributed by atoms with Gasteiger partial charge in [0.2, 0.25) is 5.95 Å². The molecule has 3 rings (SSSR count). The van der Waals surface area contributed by atoms with E-state index in [0.29, 0.717) is 5.95 Å². The van der Waals surface area contributed by atoms with Crippen molar-refractivity contribution in [2.45, 2.75) is 26.8 Å². The second-order valence-corrected chi connectivity index (χ2v) is 5.78. The van der Waals surface area contributed by atoms with Gasteiger partial charge in [-0.3, -0.25) is 4.57 Å². The van der Waals surface area contributed by atoms with Crippen LogP contribution in [-0.2, 0) is 0 Å². The molecule has 1 unspecified atom stereocenters. The number of nitrogen functional groups attached to an aromatic ring is 1. The van der Waals surface area contributed by atoms with Crippen molar-refractivity contribution >= 4 is 28.4 Å². The fraction of sp³-hybridized carbons (Fsp3) is 0.308. The van der Waals surface area contributed by atoms with Crippen LogP contribution in [0.15, 0.2) is 18.3 Å². The molecule has 0 aliphatic rings. The van der Waals surface area contributed by atoms with E-state index in [1.807, 2.05) is 30.5 Å². The van der Waals surface area contributed by atoms with Gasteiger partial charge in [-0.2, -0.15) is 0 Å². The molecular weight excluding hydrogens is 258 g/mol. The molecule has 5 nitrogen and oxygen atoms in total. The first-order chi connectivity index (χ1) is 9.08. The molecule has 0 saturated carbocycles. The van der Waals surface area contributed by atoms with Crippen LogP contribution >= 0.6 is 11.3 Å². The third-order valence-corrected chi connectivity index (χ3v) is 4.43. The maximum absolute atomic E-state index is 6.04. The lowest BCUT2D eigenvalue weighted by molar-refractivity contribution is 0.668. The number of anilines is 1. The molecule has 0 amide bonds.